The second-order valence-electron chi connectivity index (χ2n) is 13.0. The Bertz CT molecular complexity index is 3140. The van der Waals surface area contributed by atoms with Crippen molar-refractivity contribution >= 4 is 84.6 Å². The van der Waals surface area contributed by atoms with E-state index < -0.39 is 0 Å². The molecule has 0 amide bonds. The van der Waals surface area contributed by atoms with Crippen LogP contribution in [-0.4, -0.2) is 19.9 Å². The molecule has 7 heteroatoms. The van der Waals surface area contributed by atoms with Gasteiger partial charge >= 0.3 is 0 Å². The molecule has 53 heavy (non-hydrogen) atoms. The van der Waals surface area contributed by atoms with E-state index in [1.807, 2.05) is 24.3 Å². The van der Waals surface area contributed by atoms with Crippen molar-refractivity contribution in [1.29, 1.82) is 0 Å². The fourth-order valence-corrected chi connectivity index (χ4v) is 10.5. The molecule has 0 saturated heterocycles. The van der Waals surface area contributed by atoms with Gasteiger partial charge in [-0.2, -0.15) is 0 Å². The summed E-state index contributed by atoms with van der Waals surface area (Å²) in [6.07, 6.45) is 0. The van der Waals surface area contributed by atoms with Crippen LogP contribution in [0, 0.1) is 0 Å². The first kappa shape index (κ1) is 30.5. The minimum absolute atomic E-state index is 0.661. The maximum absolute atomic E-state index is 5.28. The smallest absolute Gasteiger partial charge is 0.165 e. The van der Waals surface area contributed by atoms with Crippen LogP contribution in [0.4, 0.5) is 0 Å². The zero-order chi connectivity index (χ0) is 34.9. The van der Waals surface area contributed by atoms with E-state index >= 15 is 0 Å². The highest BCUT2D eigenvalue weighted by atomic mass is 32.1. The maximum Gasteiger partial charge on any atom is 0.165 e. The zero-order valence-electron chi connectivity index (χ0n) is 28.0. The van der Waals surface area contributed by atoms with Gasteiger partial charge in [0.15, 0.2) is 17.5 Å². The van der Waals surface area contributed by atoms with E-state index in [1.54, 1.807) is 34.0 Å². The Balaban J connectivity index is 1.07. The molecule has 0 fully saturated rings. The third-order valence-corrected chi connectivity index (χ3v) is 13.2. The summed E-state index contributed by atoms with van der Waals surface area (Å²) in [6.45, 7) is 0. The SMILES string of the molecule is c1ccc(-c2nc(-c3cccc4c3sc3ccccc34)nc(-c3cccc4sc5ccc(-c6ccc(-c7nc8ccccc8s7)cc6)cc5c34)n2)cc1. The van der Waals surface area contributed by atoms with Crippen molar-refractivity contribution in [2.45, 2.75) is 0 Å². The van der Waals surface area contributed by atoms with E-state index in [2.05, 4.69) is 133 Å². The van der Waals surface area contributed by atoms with Gasteiger partial charge in [-0.25, -0.2) is 19.9 Å². The molecule has 11 aromatic rings. The van der Waals surface area contributed by atoms with Crippen LogP contribution in [0.2, 0.25) is 0 Å². The number of para-hydroxylation sites is 1. The average molecular weight is 731 g/mol. The van der Waals surface area contributed by atoms with Crippen molar-refractivity contribution in [2.75, 3.05) is 0 Å². The molecule has 4 nitrogen and oxygen atoms in total. The minimum atomic E-state index is 0.661. The lowest BCUT2D eigenvalue weighted by Crippen LogP contribution is -2.00. The average Bonchev–Trinajstić information content (AvgIpc) is 3.94. The van der Waals surface area contributed by atoms with Crippen molar-refractivity contribution in [3.8, 4) is 55.9 Å². The molecule has 0 N–H and O–H groups in total. The van der Waals surface area contributed by atoms with Crippen LogP contribution in [0.1, 0.15) is 0 Å². The highest BCUT2D eigenvalue weighted by Crippen LogP contribution is 2.43. The lowest BCUT2D eigenvalue weighted by Gasteiger charge is -2.10. The molecule has 7 aromatic carbocycles. The predicted molar refractivity (Wildman–Crippen MR) is 226 cm³/mol. The van der Waals surface area contributed by atoms with Crippen molar-refractivity contribution in [3.63, 3.8) is 0 Å². The monoisotopic (exact) mass is 730 g/mol. The van der Waals surface area contributed by atoms with Gasteiger partial charge in [-0.3, -0.25) is 0 Å². The van der Waals surface area contributed by atoms with Gasteiger partial charge in [-0.05, 0) is 53.6 Å². The number of hydrogen-bond donors (Lipinski definition) is 0. The standard InChI is InChI=1S/C46H26N4S3/c1-2-10-28(11-3-1)43-48-44(50-45(49-43)34-15-8-13-32-31-12-4-6-17-37(31)52-42(32)34)33-14-9-19-40-41(33)35-26-30(24-25-38(35)51-40)27-20-22-29(23-21-27)46-47-36-16-5-7-18-39(36)53-46/h1-26H. The van der Waals surface area contributed by atoms with E-state index in [4.69, 9.17) is 19.9 Å². The second kappa shape index (κ2) is 12.2. The number of fused-ring (bicyclic) bond motifs is 7. The normalized spacial score (nSPS) is 11.8. The topological polar surface area (TPSA) is 51.6 Å². The van der Waals surface area contributed by atoms with E-state index in [0.717, 1.165) is 38.2 Å². The summed E-state index contributed by atoms with van der Waals surface area (Å²) < 4.78 is 6.08. The first-order valence-electron chi connectivity index (χ1n) is 17.4. The molecule has 0 atom stereocenters. The number of aromatic nitrogens is 4. The summed E-state index contributed by atoms with van der Waals surface area (Å²) in [5, 5.41) is 5.87. The molecule has 0 aliphatic carbocycles. The van der Waals surface area contributed by atoms with Gasteiger partial charge in [0.1, 0.15) is 5.01 Å². The molecule has 0 aliphatic heterocycles. The van der Waals surface area contributed by atoms with Crippen molar-refractivity contribution in [1.82, 2.24) is 19.9 Å². The Morgan fingerprint density at radius 1 is 0.340 bits per heavy atom. The van der Waals surface area contributed by atoms with Crippen molar-refractivity contribution in [2.24, 2.45) is 0 Å². The molecular weight excluding hydrogens is 705 g/mol. The number of hydrogen-bond acceptors (Lipinski definition) is 7. The molecule has 0 saturated carbocycles. The number of thiazole rings is 1. The van der Waals surface area contributed by atoms with E-state index in [0.29, 0.717) is 17.5 Å². The lowest BCUT2D eigenvalue weighted by atomic mass is 10.00. The van der Waals surface area contributed by atoms with Gasteiger partial charge in [0, 0.05) is 62.6 Å². The van der Waals surface area contributed by atoms with Gasteiger partial charge in [0.05, 0.1) is 10.2 Å². The van der Waals surface area contributed by atoms with Crippen LogP contribution < -0.4 is 0 Å². The first-order valence-corrected chi connectivity index (χ1v) is 19.8. The summed E-state index contributed by atoms with van der Waals surface area (Å²) in [5.41, 5.74) is 7.48. The van der Waals surface area contributed by atoms with Crippen LogP contribution in [0.25, 0.3) is 106 Å². The molecule has 248 valence electrons. The third kappa shape index (κ3) is 5.16. The number of nitrogens with zero attached hydrogens (tertiary/aromatic N) is 4. The van der Waals surface area contributed by atoms with Gasteiger partial charge in [-0.15, -0.1) is 34.0 Å². The minimum Gasteiger partial charge on any atom is -0.236 e. The number of benzene rings is 7. The van der Waals surface area contributed by atoms with Crippen LogP contribution >= 0.6 is 34.0 Å². The Morgan fingerprint density at radius 3 is 1.85 bits per heavy atom. The number of thiophene rings is 2. The molecule has 0 unspecified atom stereocenters. The molecule has 11 rings (SSSR count). The zero-order valence-corrected chi connectivity index (χ0v) is 30.5. The van der Waals surface area contributed by atoms with Crippen LogP contribution in [-0.2, 0) is 0 Å². The quantitative estimate of drug-likeness (QED) is 0.177. The molecule has 0 spiro atoms. The highest BCUT2D eigenvalue weighted by Gasteiger charge is 2.19. The summed E-state index contributed by atoms with van der Waals surface area (Å²) in [6, 6.07) is 55.6. The van der Waals surface area contributed by atoms with Gasteiger partial charge in [0.2, 0.25) is 0 Å². The fourth-order valence-electron chi connectivity index (χ4n) is 7.25. The first-order chi connectivity index (χ1) is 26.2. The third-order valence-electron chi connectivity index (χ3n) is 9.81. The fraction of sp³-hybridized carbons (Fsp3) is 0. The summed E-state index contributed by atoms with van der Waals surface area (Å²) >= 11 is 5.33. The van der Waals surface area contributed by atoms with Gasteiger partial charge in [0.25, 0.3) is 0 Å². The maximum atomic E-state index is 5.28. The van der Waals surface area contributed by atoms with E-state index in [1.165, 1.54) is 50.8 Å². The summed E-state index contributed by atoms with van der Waals surface area (Å²) in [5.74, 6) is 2.01. The lowest BCUT2D eigenvalue weighted by molar-refractivity contribution is 1.08. The molecule has 4 aromatic heterocycles. The Labute approximate surface area is 316 Å². The summed E-state index contributed by atoms with van der Waals surface area (Å²) in [4.78, 5) is 20.4. The Kier molecular flexibility index (Phi) is 7.05. The van der Waals surface area contributed by atoms with Crippen LogP contribution in [0.3, 0.4) is 0 Å². The number of rotatable bonds is 5. The highest BCUT2D eigenvalue weighted by molar-refractivity contribution is 7.26. The predicted octanol–water partition coefficient (Wildman–Crippen LogP) is 13.6. The van der Waals surface area contributed by atoms with E-state index in [9.17, 15) is 0 Å². The molecule has 0 radical (unpaired) electrons. The molecule has 4 heterocycles. The second-order valence-corrected chi connectivity index (χ2v) is 16.2. The van der Waals surface area contributed by atoms with Crippen LogP contribution in [0.5, 0.6) is 0 Å². The van der Waals surface area contributed by atoms with Gasteiger partial charge < -0.3 is 0 Å². The van der Waals surface area contributed by atoms with E-state index in [-0.39, 0.29) is 0 Å². The molecule has 0 bridgehead atoms. The molecule has 0 aliphatic rings. The summed E-state index contributed by atoms with van der Waals surface area (Å²) in [7, 11) is 0. The van der Waals surface area contributed by atoms with Gasteiger partial charge in [-0.1, -0.05) is 115 Å². The molecular formula is C46H26N4S3. The van der Waals surface area contributed by atoms with Crippen molar-refractivity contribution in [3.05, 3.63) is 158 Å². The van der Waals surface area contributed by atoms with Crippen molar-refractivity contribution < 1.29 is 0 Å². The largest absolute Gasteiger partial charge is 0.236 e. The Hall–Kier alpha value is -6.12. The Morgan fingerprint density at radius 2 is 0.981 bits per heavy atom. The van der Waals surface area contributed by atoms with Crippen LogP contribution in [0.15, 0.2) is 158 Å².